The molecule has 3 aromatic rings. The van der Waals surface area contributed by atoms with E-state index in [1.165, 1.54) is 8.87 Å². The van der Waals surface area contributed by atoms with Crippen LogP contribution >= 0.6 is 0 Å². The van der Waals surface area contributed by atoms with Crippen molar-refractivity contribution < 1.29 is 22.7 Å². The first-order chi connectivity index (χ1) is 18.0. The number of carbonyl (C=O) groups is 2. The smallest absolute Gasteiger partial charge is 0.419 e. The third kappa shape index (κ3) is 6.18. The molecule has 0 fully saturated rings. The Kier molecular flexibility index (Phi) is 8.43. The molecule has 0 aliphatic carbocycles. The average Bonchev–Trinajstić information content (AvgIpc) is 3.18. The number of aromatic nitrogens is 1. The first-order valence-electron chi connectivity index (χ1n) is 13.4. The highest BCUT2D eigenvalue weighted by Gasteiger charge is 2.31. The predicted molar refractivity (Wildman–Crippen MR) is 149 cm³/mol. The van der Waals surface area contributed by atoms with Crippen LogP contribution in [0.4, 0.5) is 4.79 Å². The second-order valence-electron chi connectivity index (χ2n) is 11.1. The van der Waals surface area contributed by atoms with Gasteiger partial charge in [-0.15, -0.1) is 0 Å². The lowest BCUT2D eigenvalue weighted by Crippen LogP contribution is -2.34. The van der Waals surface area contributed by atoms with Crippen LogP contribution in [-0.4, -0.2) is 47.9 Å². The van der Waals surface area contributed by atoms with E-state index in [1.54, 1.807) is 45.0 Å². The summed E-state index contributed by atoms with van der Waals surface area (Å²) in [6.45, 7) is 7.92. The van der Waals surface area contributed by atoms with Crippen molar-refractivity contribution in [1.82, 2.24) is 8.87 Å². The molecular formula is C30H38N2O5S. The minimum absolute atomic E-state index is 0.116. The number of carbonyl (C=O) groups excluding carboxylic acids is 2. The number of ketones is 1. The topological polar surface area (TPSA) is 85.7 Å². The third-order valence-corrected chi connectivity index (χ3v) is 8.81. The highest BCUT2D eigenvalue weighted by molar-refractivity contribution is 7.89. The second-order valence-corrected chi connectivity index (χ2v) is 13.0. The van der Waals surface area contributed by atoms with Gasteiger partial charge in [-0.05, 0) is 70.7 Å². The molecule has 38 heavy (non-hydrogen) atoms. The molecule has 1 aromatic heterocycles. The van der Waals surface area contributed by atoms with Crippen molar-refractivity contribution in [1.29, 1.82) is 0 Å². The molecule has 1 aliphatic rings. The maximum Gasteiger partial charge on any atom is 0.419 e. The number of hydrogen-bond donors (Lipinski definition) is 0. The molecule has 0 amide bonds. The van der Waals surface area contributed by atoms with Crippen molar-refractivity contribution >= 4 is 32.8 Å². The molecule has 8 heteroatoms. The van der Waals surface area contributed by atoms with E-state index in [0.717, 1.165) is 43.1 Å². The lowest BCUT2D eigenvalue weighted by molar-refractivity contribution is 0.0534. The van der Waals surface area contributed by atoms with Crippen molar-refractivity contribution in [2.24, 2.45) is 0 Å². The normalized spacial score (nSPS) is 16.8. The second kappa shape index (κ2) is 11.4. The van der Waals surface area contributed by atoms with E-state index in [-0.39, 0.29) is 17.2 Å². The largest absolute Gasteiger partial charge is 0.443 e. The van der Waals surface area contributed by atoms with Crippen LogP contribution in [0.25, 0.3) is 10.9 Å². The van der Waals surface area contributed by atoms with Gasteiger partial charge < -0.3 is 4.74 Å². The summed E-state index contributed by atoms with van der Waals surface area (Å²) in [5.41, 5.74) is 1.86. The third-order valence-electron chi connectivity index (χ3n) is 6.90. The zero-order chi connectivity index (χ0) is 27.5. The van der Waals surface area contributed by atoms with Gasteiger partial charge in [0.05, 0.1) is 16.1 Å². The summed E-state index contributed by atoms with van der Waals surface area (Å²) >= 11 is 0. The van der Waals surface area contributed by atoms with Crippen LogP contribution in [0.3, 0.4) is 0 Å². The van der Waals surface area contributed by atoms with Gasteiger partial charge in [0.25, 0.3) is 0 Å². The molecule has 1 aliphatic heterocycles. The quantitative estimate of drug-likeness (QED) is 0.372. The minimum atomic E-state index is -3.73. The van der Waals surface area contributed by atoms with Crippen molar-refractivity contribution in [3.63, 3.8) is 0 Å². The van der Waals surface area contributed by atoms with Gasteiger partial charge in [0, 0.05) is 24.9 Å². The fraction of sp³-hybridized carbons (Fsp3) is 0.467. The average molecular weight is 539 g/mol. The van der Waals surface area contributed by atoms with Gasteiger partial charge in [0.1, 0.15) is 5.60 Å². The number of nitrogens with zero attached hydrogens (tertiary/aromatic N) is 2. The Morgan fingerprint density at radius 2 is 1.53 bits per heavy atom. The Bertz CT molecular complexity index is 1420. The summed E-state index contributed by atoms with van der Waals surface area (Å²) in [5.74, 6) is -0.116. The Labute approximate surface area is 225 Å². The minimum Gasteiger partial charge on any atom is -0.443 e. The van der Waals surface area contributed by atoms with Crippen molar-refractivity contribution in [2.75, 3.05) is 13.1 Å². The summed E-state index contributed by atoms with van der Waals surface area (Å²) in [7, 11) is -3.73. The maximum atomic E-state index is 13.7. The Morgan fingerprint density at radius 1 is 0.868 bits per heavy atom. The number of aryl methyl sites for hydroxylation is 1. The molecule has 0 bridgehead atoms. The van der Waals surface area contributed by atoms with Crippen molar-refractivity contribution in [3.05, 3.63) is 65.4 Å². The SMILES string of the molecule is Cc1ccc(S(=O)(=O)N2CCCCCCCC(=O)c3c(c4ccccc4n3C(=O)OC(C)(C)C)CC2)cc1. The van der Waals surface area contributed by atoms with E-state index < -0.39 is 21.7 Å². The number of sulfonamides is 1. The van der Waals surface area contributed by atoms with Gasteiger partial charge in [-0.25, -0.2) is 17.8 Å². The zero-order valence-electron chi connectivity index (χ0n) is 22.8. The Morgan fingerprint density at radius 3 is 2.24 bits per heavy atom. The highest BCUT2D eigenvalue weighted by atomic mass is 32.2. The Balaban J connectivity index is 1.81. The van der Waals surface area contributed by atoms with Crippen LogP contribution in [0.5, 0.6) is 0 Å². The fourth-order valence-corrected chi connectivity index (χ4v) is 6.50. The van der Waals surface area contributed by atoms with Crippen LogP contribution in [-0.2, 0) is 21.2 Å². The number of rotatable bonds is 2. The molecule has 2 aromatic carbocycles. The molecule has 0 unspecified atom stereocenters. The van der Waals surface area contributed by atoms with Gasteiger partial charge >= 0.3 is 6.09 Å². The van der Waals surface area contributed by atoms with Gasteiger partial charge in [-0.3, -0.25) is 4.79 Å². The maximum absolute atomic E-state index is 13.7. The molecular weight excluding hydrogens is 500 g/mol. The molecule has 204 valence electrons. The van der Waals surface area contributed by atoms with Crippen molar-refractivity contribution in [3.8, 4) is 0 Å². The summed E-state index contributed by atoms with van der Waals surface area (Å²) in [4.78, 5) is 27.3. The first kappa shape index (κ1) is 28.0. The first-order valence-corrected chi connectivity index (χ1v) is 14.9. The standard InChI is InChI=1S/C30H38N2O5S/c1-22-15-17-23(18-16-22)38(35,36)31-20-11-7-5-6-8-14-27(33)28-25(19-21-31)24-12-9-10-13-26(24)32(28)29(34)37-30(2,3)4/h9-10,12-13,15-18H,5-8,11,14,19-21H2,1-4H3. The molecule has 7 nitrogen and oxygen atoms in total. The monoisotopic (exact) mass is 538 g/mol. The lowest BCUT2D eigenvalue weighted by atomic mass is 10.0. The summed E-state index contributed by atoms with van der Waals surface area (Å²) < 4.78 is 36.0. The number of Topliss-reactive ketones (excluding diaryl/α,β-unsaturated/α-hetero) is 1. The predicted octanol–water partition coefficient (Wildman–Crippen LogP) is 6.50. The van der Waals surface area contributed by atoms with Gasteiger partial charge in [-0.2, -0.15) is 4.31 Å². The molecule has 0 atom stereocenters. The van der Waals surface area contributed by atoms with Crippen LogP contribution in [0, 0.1) is 6.92 Å². The van der Waals surface area contributed by atoms with E-state index in [9.17, 15) is 18.0 Å². The van der Waals surface area contributed by atoms with Crippen LogP contribution in [0.15, 0.2) is 53.4 Å². The van der Waals surface area contributed by atoms with E-state index in [4.69, 9.17) is 4.74 Å². The van der Waals surface area contributed by atoms with Crippen LogP contribution in [0.2, 0.25) is 0 Å². The lowest BCUT2D eigenvalue weighted by Gasteiger charge is -2.23. The Hall–Kier alpha value is -2.97. The zero-order valence-corrected chi connectivity index (χ0v) is 23.6. The van der Waals surface area contributed by atoms with E-state index in [1.807, 2.05) is 31.2 Å². The fourth-order valence-electron chi connectivity index (χ4n) is 5.02. The van der Waals surface area contributed by atoms with Gasteiger partial charge in [-0.1, -0.05) is 55.2 Å². The number of para-hydroxylation sites is 1. The highest BCUT2D eigenvalue weighted by Crippen LogP contribution is 2.31. The number of hydrogen-bond acceptors (Lipinski definition) is 5. The molecule has 0 saturated carbocycles. The van der Waals surface area contributed by atoms with Crippen LogP contribution in [0.1, 0.15) is 80.9 Å². The molecule has 0 spiro atoms. The summed E-state index contributed by atoms with van der Waals surface area (Å²) in [6, 6.07) is 14.3. The molecule has 0 radical (unpaired) electrons. The van der Waals surface area contributed by atoms with E-state index >= 15 is 0 Å². The van der Waals surface area contributed by atoms with Crippen molar-refractivity contribution in [2.45, 2.75) is 83.1 Å². The molecule has 0 saturated heterocycles. The number of benzene rings is 2. The molecule has 0 N–H and O–H groups in total. The number of fused-ring (bicyclic) bond motifs is 3. The molecule has 4 rings (SSSR count). The molecule has 2 heterocycles. The summed E-state index contributed by atoms with van der Waals surface area (Å²) in [5, 5.41) is 0.768. The summed E-state index contributed by atoms with van der Waals surface area (Å²) in [6.07, 6.45) is 4.21. The van der Waals surface area contributed by atoms with Gasteiger partial charge in [0.2, 0.25) is 10.0 Å². The van der Waals surface area contributed by atoms with E-state index in [0.29, 0.717) is 36.2 Å². The van der Waals surface area contributed by atoms with Gasteiger partial charge in [0.15, 0.2) is 5.78 Å². The van der Waals surface area contributed by atoms with E-state index in [2.05, 4.69) is 0 Å². The number of ether oxygens (including phenoxy) is 1. The van der Waals surface area contributed by atoms with Crippen LogP contribution < -0.4 is 0 Å².